The zero-order valence-electron chi connectivity index (χ0n) is 11.9. The maximum absolute atomic E-state index is 11.6. The fourth-order valence-corrected chi connectivity index (χ4v) is 2.26. The second-order valence-corrected chi connectivity index (χ2v) is 5.42. The first kappa shape index (κ1) is 16.3. The average Bonchev–Trinajstić information content (AvgIpc) is 2.76. The summed E-state index contributed by atoms with van der Waals surface area (Å²) < 4.78 is 0. The molecule has 1 rings (SSSR count). The Labute approximate surface area is 118 Å². The summed E-state index contributed by atoms with van der Waals surface area (Å²) >= 11 is 0. The van der Waals surface area contributed by atoms with Crippen molar-refractivity contribution in [3.63, 3.8) is 0 Å². The molecule has 2 unspecified atom stereocenters. The number of nitrogens with one attached hydrogen (secondary N) is 3. The van der Waals surface area contributed by atoms with Gasteiger partial charge in [-0.05, 0) is 33.1 Å². The van der Waals surface area contributed by atoms with Gasteiger partial charge in [-0.2, -0.15) is 0 Å². The van der Waals surface area contributed by atoms with E-state index in [0.29, 0.717) is 19.3 Å². The Morgan fingerprint density at radius 2 is 1.95 bits per heavy atom. The van der Waals surface area contributed by atoms with Gasteiger partial charge >= 0.3 is 12.0 Å². The molecule has 0 aromatic heterocycles. The third kappa shape index (κ3) is 5.90. The first-order chi connectivity index (χ1) is 9.38. The van der Waals surface area contributed by atoms with E-state index < -0.39 is 5.97 Å². The molecule has 1 aliphatic carbocycles. The number of carboxylic acid groups (broad SMARTS) is 1. The van der Waals surface area contributed by atoms with Crippen LogP contribution in [0.1, 0.15) is 39.5 Å². The van der Waals surface area contributed by atoms with Crippen molar-refractivity contribution in [1.29, 1.82) is 0 Å². The fraction of sp³-hybridized carbons (Fsp3) is 0.769. The molecule has 114 valence electrons. The average molecular weight is 285 g/mol. The highest BCUT2D eigenvalue weighted by Crippen LogP contribution is 2.25. The predicted molar refractivity (Wildman–Crippen MR) is 73.2 cm³/mol. The quantitative estimate of drug-likeness (QED) is 0.568. The molecular formula is C13H23N3O4. The molecule has 0 heterocycles. The number of carbonyl (C=O) groups is 3. The Kier molecular flexibility index (Phi) is 6.27. The third-order valence-electron chi connectivity index (χ3n) is 3.20. The summed E-state index contributed by atoms with van der Waals surface area (Å²) in [6.45, 7) is 4.01. The lowest BCUT2D eigenvalue weighted by Crippen LogP contribution is -2.42. The molecule has 7 heteroatoms. The minimum Gasteiger partial charge on any atom is -0.481 e. The van der Waals surface area contributed by atoms with Crippen molar-refractivity contribution in [2.24, 2.45) is 5.92 Å². The summed E-state index contributed by atoms with van der Waals surface area (Å²) in [7, 11) is 0. The van der Waals surface area contributed by atoms with Gasteiger partial charge in [0, 0.05) is 25.0 Å². The number of carboxylic acids is 1. The van der Waals surface area contributed by atoms with Crippen molar-refractivity contribution in [3.05, 3.63) is 0 Å². The summed E-state index contributed by atoms with van der Waals surface area (Å²) in [6.07, 6.45) is 1.97. The Bertz CT molecular complexity index is 371. The molecule has 0 aromatic rings. The van der Waals surface area contributed by atoms with Crippen molar-refractivity contribution in [2.75, 3.05) is 6.54 Å². The van der Waals surface area contributed by atoms with Crippen LogP contribution in [0.2, 0.25) is 0 Å². The molecule has 7 nitrogen and oxygen atoms in total. The van der Waals surface area contributed by atoms with E-state index in [-0.39, 0.29) is 42.9 Å². The monoisotopic (exact) mass is 285 g/mol. The molecule has 0 aromatic carbocycles. The maximum atomic E-state index is 11.6. The van der Waals surface area contributed by atoms with Crippen molar-refractivity contribution >= 4 is 17.9 Å². The van der Waals surface area contributed by atoms with E-state index in [1.54, 1.807) is 0 Å². The van der Waals surface area contributed by atoms with Crippen LogP contribution >= 0.6 is 0 Å². The standard InChI is InChI=1S/C13H23N3O4/c1-8(2)15-11(17)5-6-14-13(20)16-10-4-3-9(7-10)12(18)19/h8-10H,3-7H2,1-2H3,(H,15,17)(H,18,19)(H2,14,16,20). The van der Waals surface area contributed by atoms with Crippen molar-refractivity contribution in [2.45, 2.75) is 51.6 Å². The lowest BCUT2D eigenvalue weighted by molar-refractivity contribution is -0.141. The first-order valence-electron chi connectivity index (χ1n) is 6.95. The summed E-state index contributed by atoms with van der Waals surface area (Å²) in [5.74, 6) is -1.27. The van der Waals surface area contributed by atoms with Gasteiger partial charge in [0.1, 0.15) is 0 Å². The Morgan fingerprint density at radius 3 is 2.50 bits per heavy atom. The van der Waals surface area contributed by atoms with Gasteiger partial charge in [0.15, 0.2) is 0 Å². The van der Waals surface area contributed by atoms with Crippen LogP contribution in [0.5, 0.6) is 0 Å². The lowest BCUT2D eigenvalue weighted by Gasteiger charge is -2.13. The largest absolute Gasteiger partial charge is 0.481 e. The lowest BCUT2D eigenvalue weighted by atomic mass is 10.1. The van der Waals surface area contributed by atoms with Gasteiger partial charge in [0.05, 0.1) is 5.92 Å². The maximum Gasteiger partial charge on any atom is 0.315 e. The number of hydrogen-bond acceptors (Lipinski definition) is 3. The minimum atomic E-state index is -0.805. The van der Waals surface area contributed by atoms with Gasteiger partial charge in [-0.3, -0.25) is 9.59 Å². The highest BCUT2D eigenvalue weighted by atomic mass is 16.4. The normalized spacial score (nSPS) is 21.6. The van der Waals surface area contributed by atoms with E-state index >= 15 is 0 Å². The number of hydrogen-bond donors (Lipinski definition) is 4. The van der Waals surface area contributed by atoms with Crippen molar-refractivity contribution in [1.82, 2.24) is 16.0 Å². The number of carbonyl (C=O) groups excluding carboxylic acids is 2. The molecule has 0 radical (unpaired) electrons. The number of aliphatic carboxylic acids is 1. The van der Waals surface area contributed by atoms with E-state index in [9.17, 15) is 14.4 Å². The number of urea groups is 1. The van der Waals surface area contributed by atoms with Crippen LogP contribution < -0.4 is 16.0 Å². The van der Waals surface area contributed by atoms with Crippen LogP contribution in [-0.2, 0) is 9.59 Å². The second kappa shape index (κ2) is 7.72. The molecular weight excluding hydrogens is 262 g/mol. The van der Waals surface area contributed by atoms with E-state index in [2.05, 4.69) is 16.0 Å². The van der Waals surface area contributed by atoms with E-state index in [1.165, 1.54) is 0 Å². The van der Waals surface area contributed by atoms with Crippen LogP contribution in [0.15, 0.2) is 0 Å². The molecule has 0 aliphatic heterocycles. The molecule has 1 saturated carbocycles. The Balaban J connectivity index is 2.15. The molecule has 3 amide bonds. The van der Waals surface area contributed by atoms with E-state index in [1.807, 2.05) is 13.8 Å². The van der Waals surface area contributed by atoms with Gasteiger partial charge in [0.2, 0.25) is 5.91 Å². The highest BCUT2D eigenvalue weighted by Gasteiger charge is 2.30. The molecule has 0 bridgehead atoms. The molecule has 1 aliphatic rings. The summed E-state index contributed by atoms with van der Waals surface area (Å²) in [4.78, 5) is 33.7. The molecule has 20 heavy (non-hydrogen) atoms. The van der Waals surface area contributed by atoms with Crippen LogP contribution in [-0.4, -0.2) is 41.6 Å². The van der Waals surface area contributed by atoms with Gasteiger partial charge in [0.25, 0.3) is 0 Å². The smallest absolute Gasteiger partial charge is 0.315 e. The zero-order valence-corrected chi connectivity index (χ0v) is 11.9. The topological polar surface area (TPSA) is 108 Å². The fourth-order valence-electron chi connectivity index (χ4n) is 2.26. The minimum absolute atomic E-state index is 0.0859. The molecule has 2 atom stereocenters. The van der Waals surface area contributed by atoms with Gasteiger partial charge in [-0.1, -0.05) is 0 Å². The van der Waals surface area contributed by atoms with Crippen molar-refractivity contribution in [3.8, 4) is 0 Å². The van der Waals surface area contributed by atoms with Crippen LogP contribution in [0.25, 0.3) is 0 Å². The highest BCUT2D eigenvalue weighted by molar-refractivity contribution is 5.78. The zero-order chi connectivity index (χ0) is 15.1. The summed E-state index contributed by atoms with van der Waals surface area (Å²) in [5, 5.41) is 16.9. The Hall–Kier alpha value is -1.79. The van der Waals surface area contributed by atoms with Crippen LogP contribution in [0.4, 0.5) is 4.79 Å². The van der Waals surface area contributed by atoms with Gasteiger partial charge < -0.3 is 21.1 Å². The van der Waals surface area contributed by atoms with Crippen molar-refractivity contribution < 1.29 is 19.5 Å². The van der Waals surface area contributed by atoms with Crippen LogP contribution in [0.3, 0.4) is 0 Å². The molecule has 0 saturated heterocycles. The second-order valence-electron chi connectivity index (χ2n) is 5.42. The summed E-state index contributed by atoms with van der Waals surface area (Å²) in [6, 6.07) is -0.359. The molecule has 1 fully saturated rings. The van der Waals surface area contributed by atoms with E-state index in [4.69, 9.17) is 5.11 Å². The molecule has 4 N–H and O–H groups in total. The summed E-state index contributed by atoms with van der Waals surface area (Å²) in [5.41, 5.74) is 0. The van der Waals surface area contributed by atoms with Gasteiger partial charge in [-0.25, -0.2) is 4.79 Å². The molecule has 0 spiro atoms. The van der Waals surface area contributed by atoms with Gasteiger partial charge in [-0.15, -0.1) is 0 Å². The Morgan fingerprint density at radius 1 is 1.25 bits per heavy atom. The SMILES string of the molecule is CC(C)NC(=O)CCNC(=O)NC1CCC(C(=O)O)C1. The number of rotatable bonds is 6. The van der Waals surface area contributed by atoms with E-state index in [0.717, 1.165) is 0 Å². The van der Waals surface area contributed by atoms with Crippen LogP contribution in [0, 0.1) is 5.92 Å². The predicted octanol–water partition coefficient (Wildman–Crippen LogP) is 0.454. The number of amides is 3. The first-order valence-corrected chi connectivity index (χ1v) is 6.95. The third-order valence-corrected chi connectivity index (χ3v) is 3.20.